The van der Waals surface area contributed by atoms with Gasteiger partial charge in [0.1, 0.15) is 11.5 Å². The smallest absolute Gasteiger partial charge is 0.318 e. The molecule has 7 heteroatoms. The number of nitrogens with one attached hydrogen (secondary N) is 1. The summed E-state index contributed by atoms with van der Waals surface area (Å²) in [7, 11) is 0. The Morgan fingerprint density at radius 1 is 1.11 bits per heavy atom. The first-order valence-corrected chi connectivity index (χ1v) is 10.4. The Bertz CT molecular complexity index is 671. The summed E-state index contributed by atoms with van der Waals surface area (Å²) in [5, 5.41) is 3.00. The first kappa shape index (κ1) is 20.7. The maximum Gasteiger partial charge on any atom is 0.318 e. The summed E-state index contributed by atoms with van der Waals surface area (Å²) in [5.74, 6) is 2.98. The zero-order valence-corrected chi connectivity index (χ0v) is 17.6. The van der Waals surface area contributed by atoms with Crippen molar-refractivity contribution in [1.82, 2.24) is 20.0 Å². The molecule has 3 amide bonds. The fourth-order valence-corrected chi connectivity index (χ4v) is 4.30. The molecule has 0 saturated carbocycles. The maximum absolute atomic E-state index is 12.7. The maximum atomic E-state index is 12.7. The molecule has 3 heterocycles. The van der Waals surface area contributed by atoms with Crippen molar-refractivity contribution in [3.8, 4) is 0 Å². The Morgan fingerprint density at radius 2 is 1.75 bits per heavy atom. The van der Waals surface area contributed by atoms with Crippen molar-refractivity contribution in [2.45, 2.75) is 40.2 Å². The highest BCUT2D eigenvalue weighted by molar-refractivity contribution is 5.78. The average molecular weight is 391 g/mol. The molecule has 0 radical (unpaired) electrons. The first-order valence-electron chi connectivity index (χ1n) is 10.4. The highest BCUT2D eigenvalue weighted by atomic mass is 16.3. The van der Waals surface area contributed by atoms with E-state index in [1.807, 2.05) is 35.8 Å². The van der Waals surface area contributed by atoms with E-state index in [1.54, 1.807) is 0 Å². The van der Waals surface area contributed by atoms with E-state index < -0.39 is 0 Å². The van der Waals surface area contributed by atoms with Crippen LogP contribution in [0, 0.1) is 18.8 Å². The molecular weight excluding hydrogens is 356 g/mol. The lowest BCUT2D eigenvalue weighted by atomic mass is 9.92. The van der Waals surface area contributed by atoms with E-state index in [-0.39, 0.29) is 18.0 Å². The van der Waals surface area contributed by atoms with Crippen LogP contribution in [0.2, 0.25) is 0 Å². The zero-order valence-electron chi connectivity index (χ0n) is 17.6. The third kappa shape index (κ3) is 5.28. The molecule has 3 rings (SSSR count). The summed E-state index contributed by atoms with van der Waals surface area (Å²) in [5.41, 5.74) is 0. The highest BCUT2D eigenvalue weighted by Gasteiger charge is 2.28. The number of nitrogens with zero attached hydrogens (tertiary/aromatic N) is 3. The summed E-state index contributed by atoms with van der Waals surface area (Å²) >= 11 is 0. The molecule has 2 aliphatic rings. The van der Waals surface area contributed by atoms with Crippen molar-refractivity contribution in [2.24, 2.45) is 11.8 Å². The quantitative estimate of drug-likeness (QED) is 0.858. The Hall–Kier alpha value is -2.02. The van der Waals surface area contributed by atoms with E-state index in [4.69, 9.17) is 4.42 Å². The van der Waals surface area contributed by atoms with Crippen LogP contribution in [0.5, 0.6) is 0 Å². The Balaban J connectivity index is 1.42. The number of furan rings is 1. The van der Waals surface area contributed by atoms with Gasteiger partial charge in [-0.1, -0.05) is 13.8 Å². The van der Waals surface area contributed by atoms with Crippen LogP contribution in [0.25, 0.3) is 0 Å². The fraction of sp³-hybridized carbons (Fsp3) is 0.714. The van der Waals surface area contributed by atoms with Crippen molar-refractivity contribution in [3.05, 3.63) is 23.7 Å². The van der Waals surface area contributed by atoms with Gasteiger partial charge in [-0.05, 0) is 44.2 Å². The predicted octanol–water partition coefficient (Wildman–Crippen LogP) is 2.48. The highest BCUT2D eigenvalue weighted by Crippen LogP contribution is 2.21. The molecule has 156 valence electrons. The minimum absolute atomic E-state index is 0.0776. The minimum Gasteiger partial charge on any atom is -0.464 e. The SMILES string of the molecule is Cc1ccc(C(C)NC(=O)N2CCN(CC(=O)N3CC(C)CC(C)C3)CC2)o1. The second kappa shape index (κ2) is 8.99. The van der Waals surface area contributed by atoms with E-state index in [0.717, 1.165) is 37.7 Å². The van der Waals surface area contributed by atoms with Crippen LogP contribution >= 0.6 is 0 Å². The van der Waals surface area contributed by atoms with Gasteiger partial charge in [-0.25, -0.2) is 4.79 Å². The van der Waals surface area contributed by atoms with Crippen LogP contribution < -0.4 is 5.32 Å². The number of likely N-dealkylation sites (tertiary alicyclic amines) is 1. The fourth-order valence-electron chi connectivity index (χ4n) is 4.30. The van der Waals surface area contributed by atoms with E-state index in [0.29, 0.717) is 31.5 Å². The number of rotatable bonds is 4. The van der Waals surface area contributed by atoms with Gasteiger partial charge in [-0.2, -0.15) is 0 Å². The number of piperazine rings is 1. The third-order valence-corrected chi connectivity index (χ3v) is 5.77. The van der Waals surface area contributed by atoms with Gasteiger partial charge in [0.15, 0.2) is 0 Å². The third-order valence-electron chi connectivity index (χ3n) is 5.77. The van der Waals surface area contributed by atoms with Gasteiger partial charge in [0.05, 0.1) is 12.6 Å². The van der Waals surface area contributed by atoms with Gasteiger partial charge in [0.2, 0.25) is 5.91 Å². The van der Waals surface area contributed by atoms with Gasteiger partial charge in [0, 0.05) is 39.3 Å². The first-order chi connectivity index (χ1) is 13.3. The largest absolute Gasteiger partial charge is 0.464 e. The molecule has 0 spiro atoms. The van der Waals surface area contributed by atoms with Gasteiger partial charge in [-0.3, -0.25) is 9.69 Å². The number of hydrogen-bond donors (Lipinski definition) is 1. The van der Waals surface area contributed by atoms with E-state index in [1.165, 1.54) is 6.42 Å². The predicted molar refractivity (Wildman–Crippen MR) is 108 cm³/mol. The van der Waals surface area contributed by atoms with Crippen molar-refractivity contribution in [3.63, 3.8) is 0 Å². The summed E-state index contributed by atoms with van der Waals surface area (Å²) in [4.78, 5) is 31.2. The van der Waals surface area contributed by atoms with Crippen LogP contribution in [0.15, 0.2) is 16.5 Å². The molecule has 1 aromatic rings. The molecule has 2 fully saturated rings. The van der Waals surface area contributed by atoms with Crippen LogP contribution in [0.3, 0.4) is 0 Å². The molecule has 28 heavy (non-hydrogen) atoms. The minimum atomic E-state index is -0.163. The molecule has 7 nitrogen and oxygen atoms in total. The van der Waals surface area contributed by atoms with E-state index in [2.05, 4.69) is 24.1 Å². The molecule has 3 unspecified atom stereocenters. The summed E-state index contributed by atoms with van der Waals surface area (Å²) in [6.07, 6.45) is 1.20. The second-order valence-electron chi connectivity index (χ2n) is 8.63. The standard InChI is InChI=1S/C21H34N4O3/c1-15-11-16(2)13-25(12-15)20(26)14-23-7-9-24(10-8-23)21(27)22-18(4)19-6-5-17(3)28-19/h5-6,15-16,18H,7-14H2,1-4H3,(H,22,27). The summed E-state index contributed by atoms with van der Waals surface area (Å²) in [6, 6.07) is 3.55. The van der Waals surface area contributed by atoms with Crippen molar-refractivity contribution < 1.29 is 14.0 Å². The van der Waals surface area contributed by atoms with Gasteiger partial charge in [0.25, 0.3) is 0 Å². The molecule has 1 N–H and O–H groups in total. The van der Waals surface area contributed by atoms with Crippen LogP contribution in [0.4, 0.5) is 4.79 Å². The molecule has 0 aliphatic carbocycles. The molecule has 2 aliphatic heterocycles. The van der Waals surface area contributed by atoms with Gasteiger partial charge in [-0.15, -0.1) is 0 Å². The van der Waals surface area contributed by atoms with Crippen molar-refractivity contribution in [1.29, 1.82) is 0 Å². The Labute approximate surface area is 168 Å². The lowest BCUT2D eigenvalue weighted by molar-refractivity contribution is -0.135. The van der Waals surface area contributed by atoms with E-state index in [9.17, 15) is 9.59 Å². The van der Waals surface area contributed by atoms with E-state index >= 15 is 0 Å². The molecule has 0 bridgehead atoms. The normalized spacial score (nSPS) is 24.9. The number of piperidine rings is 1. The van der Waals surface area contributed by atoms with Crippen LogP contribution in [0.1, 0.15) is 44.8 Å². The molecule has 2 saturated heterocycles. The monoisotopic (exact) mass is 390 g/mol. The number of aryl methyl sites for hydroxylation is 1. The number of hydrogen-bond acceptors (Lipinski definition) is 4. The zero-order chi connectivity index (χ0) is 20.3. The lowest BCUT2D eigenvalue weighted by Crippen LogP contribution is -2.54. The van der Waals surface area contributed by atoms with Gasteiger partial charge >= 0.3 is 6.03 Å². The topological polar surface area (TPSA) is 69.0 Å². The van der Waals surface area contributed by atoms with Crippen LogP contribution in [-0.4, -0.2) is 72.5 Å². The summed E-state index contributed by atoms with van der Waals surface area (Å²) < 4.78 is 5.58. The number of carbonyl (C=O) groups is 2. The average Bonchev–Trinajstić information content (AvgIpc) is 3.08. The number of urea groups is 1. The number of carbonyl (C=O) groups excluding carboxylic acids is 2. The Kier molecular flexibility index (Phi) is 6.65. The molecule has 0 aromatic carbocycles. The lowest BCUT2D eigenvalue weighted by Gasteiger charge is -2.38. The van der Waals surface area contributed by atoms with Gasteiger partial charge < -0.3 is 19.5 Å². The van der Waals surface area contributed by atoms with Crippen molar-refractivity contribution in [2.75, 3.05) is 45.8 Å². The van der Waals surface area contributed by atoms with Crippen LogP contribution in [-0.2, 0) is 4.79 Å². The molecule has 1 aromatic heterocycles. The summed E-state index contributed by atoms with van der Waals surface area (Å²) in [6.45, 7) is 13.2. The molecular formula is C21H34N4O3. The van der Waals surface area contributed by atoms with Crippen molar-refractivity contribution >= 4 is 11.9 Å². The Morgan fingerprint density at radius 3 is 2.32 bits per heavy atom. The number of amides is 3. The second-order valence-corrected chi connectivity index (χ2v) is 8.63. The molecule has 3 atom stereocenters.